The number of aliphatic hydroxyl groups is 1. The Morgan fingerprint density at radius 3 is 2.71 bits per heavy atom. The molecule has 0 bridgehead atoms. The van der Waals surface area contributed by atoms with E-state index in [1.807, 2.05) is 13.8 Å². The zero-order valence-electron chi connectivity index (χ0n) is 10.4. The van der Waals surface area contributed by atoms with E-state index in [0.29, 0.717) is 29.8 Å². The molecule has 1 rings (SSSR count). The molecular formula is C11H19ClN4O. The van der Waals surface area contributed by atoms with Crippen LogP contribution in [0.3, 0.4) is 0 Å². The molecule has 0 saturated heterocycles. The summed E-state index contributed by atoms with van der Waals surface area (Å²) in [6.07, 6.45) is 2.19. The molecule has 0 aromatic carbocycles. The van der Waals surface area contributed by atoms with Crippen molar-refractivity contribution in [2.24, 2.45) is 0 Å². The fourth-order valence-electron chi connectivity index (χ4n) is 1.13. The summed E-state index contributed by atoms with van der Waals surface area (Å²) >= 11 is 5.97. The lowest BCUT2D eigenvalue weighted by Gasteiger charge is -2.22. The summed E-state index contributed by atoms with van der Waals surface area (Å²) in [5.41, 5.74) is -0.771. The van der Waals surface area contributed by atoms with Crippen LogP contribution in [0.4, 0.5) is 11.8 Å². The summed E-state index contributed by atoms with van der Waals surface area (Å²) in [4.78, 5) is 8.26. The van der Waals surface area contributed by atoms with Crippen LogP contribution < -0.4 is 10.6 Å². The Morgan fingerprint density at radius 1 is 1.41 bits per heavy atom. The highest BCUT2D eigenvalue weighted by molar-refractivity contribution is 6.32. The second-order valence-corrected chi connectivity index (χ2v) is 4.53. The van der Waals surface area contributed by atoms with Gasteiger partial charge in [-0.3, -0.25) is 0 Å². The van der Waals surface area contributed by atoms with E-state index in [-0.39, 0.29) is 0 Å². The SMILES string of the molecule is CCNc1ncc(Cl)c(NCC(C)(O)CC)n1. The minimum atomic E-state index is -0.771. The highest BCUT2D eigenvalue weighted by Gasteiger charge is 2.18. The molecule has 0 saturated carbocycles. The van der Waals surface area contributed by atoms with Gasteiger partial charge in [0.25, 0.3) is 0 Å². The highest BCUT2D eigenvalue weighted by atomic mass is 35.5. The molecule has 1 heterocycles. The number of nitrogens with zero attached hydrogens (tertiary/aromatic N) is 2. The van der Waals surface area contributed by atoms with Crippen molar-refractivity contribution in [1.82, 2.24) is 9.97 Å². The lowest BCUT2D eigenvalue weighted by Crippen LogP contribution is -2.32. The molecule has 1 unspecified atom stereocenters. The zero-order valence-corrected chi connectivity index (χ0v) is 11.2. The molecule has 0 spiro atoms. The third-order valence-electron chi connectivity index (χ3n) is 2.48. The van der Waals surface area contributed by atoms with Crippen molar-refractivity contribution in [3.05, 3.63) is 11.2 Å². The van der Waals surface area contributed by atoms with Crippen LogP contribution in [0.25, 0.3) is 0 Å². The molecule has 0 radical (unpaired) electrons. The molecule has 0 aliphatic heterocycles. The van der Waals surface area contributed by atoms with Gasteiger partial charge in [0.1, 0.15) is 5.02 Å². The van der Waals surface area contributed by atoms with Gasteiger partial charge in [0.2, 0.25) is 5.95 Å². The van der Waals surface area contributed by atoms with Crippen molar-refractivity contribution in [3.8, 4) is 0 Å². The first kappa shape index (κ1) is 14.0. The fraction of sp³-hybridized carbons (Fsp3) is 0.636. The third-order valence-corrected chi connectivity index (χ3v) is 2.75. The van der Waals surface area contributed by atoms with Gasteiger partial charge in [-0.25, -0.2) is 4.98 Å². The largest absolute Gasteiger partial charge is 0.388 e. The molecule has 1 atom stereocenters. The molecule has 5 nitrogen and oxygen atoms in total. The van der Waals surface area contributed by atoms with Crippen molar-refractivity contribution >= 4 is 23.4 Å². The molecule has 17 heavy (non-hydrogen) atoms. The van der Waals surface area contributed by atoms with E-state index in [0.717, 1.165) is 6.54 Å². The van der Waals surface area contributed by atoms with Gasteiger partial charge in [0.15, 0.2) is 5.82 Å². The first-order valence-corrected chi connectivity index (χ1v) is 6.09. The van der Waals surface area contributed by atoms with E-state index in [9.17, 15) is 5.11 Å². The second kappa shape index (κ2) is 6.02. The maximum absolute atomic E-state index is 9.88. The number of nitrogens with one attached hydrogen (secondary N) is 2. The van der Waals surface area contributed by atoms with E-state index in [1.165, 1.54) is 6.20 Å². The molecule has 1 aromatic heterocycles. The van der Waals surface area contributed by atoms with Crippen LogP contribution in [0.5, 0.6) is 0 Å². The monoisotopic (exact) mass is 258 g/mol. The third kappa shape index (κ3) is 4.36. The standard InChI is InChI=1S/C11H19ClN4O/c1-4-11(3,17)7-15-9-8(12)6-14-10(16-9)13-5-2/h6,17H,4-5,7H2,1-3H3,(H2,13,14,15,16). The van der Waals surface area contributed by atoms with Crippen molar-refractivity contribution < 1.29 is 5.11 Å². The topological polar surface area (TPSA) is 70.1 Å². The fourth-order valence-corrected chi connectivity index (χ4v) is 1.29. The average molecular weight is 259 g/mol. The van der Waals surface area contributed by atoms with E-state index >= 15 is 0 Å². The van der Waals surface area contributed by atoms with Gasteiger partial charge >= 0.3 is 0 Å². The summed E-state index contributed by atoms with van der Waals surface area (Å²) in [5.74, 6) is 1.06. The lowest BCUT2D eigenvalue weighted by atomic mass is 10.0. The van der Waals surface area contributed by atoms with Gasteiger partial charge in [-0.2, -0.15) is 4.98 Å². The molecule has 0 aliphatic rings. The van der Waals surface area contributed by atoms with Gasteiger partial charge in [-0.05, 0) is 20.3 Å². The number of hydrogen-bond donors (Lipinski definition) is 3. The van der Waals surface area contributed by atoms with Crippen LogP contribution >= 0.6 is 11.6 Å². The smallest absolute Gasteiger partial charge is 0.224 e. The normalized spacial score (nSPS) is 14.2. The van der Waals surface area contributed by atoms with Gasteiger partial charge in [0, 0.05) is 13.1 Å². The van der Waals surface area contributed by atoms with Crippen LogP contribution in [0.1, 0.15) is 27.2 Å². The second-order valence-electron chi connectivity index (χ2n) is 4.12. The molecule has 3 N–H and O–H groups in total. The van der Waals surface area contributed by atoms with Crippen LogP contribution in [0.15, 0.2) is 6.20 Å². The Bertz CT molecular complexity index is 370. The van der Waals surface area contributed by atoms with Gasteiger partial charge in [-0.1, -0.05) is 18.5 Å². The molecule has 0 aliphatic carbocycles. The predicted octanol–water partition coefficient (Wildman–Crippen LogP) is 2.13. The van der Waals surface area contributed by atoms with Gasteiger partial charge in [0.05, 0.1) is 11.8 Å². The van der Waals surface area contributed by atoms with Gasteiger partial charge < -0.3 is 15.7 Å². The molecule has 6 heteroatoms. The quantitative estimate of drug-likeness (QED) is 0.729. The Labute approximate surface area is 107 Å². The number of anilines is 2. The van der Waals surface area contributed by atoms with Crippen molar-refractivity contribution in [2.45, 2.75) is 32.8 Å². The van der Waals surface area contributed by atoms with Crippen molar-refractivity contribution in [2.75, 3.05) is 23.7 Å². The van der Waals surface area contributed by atoms with Crippen LogP contribution in [-0.2, 0) is 0 Å². The molecular weight excluding hydrogens is 240 g/mol. The number of halogens is 1. The number of rotatable bonds is 6. The van der Waals surface area contributed by atoms with E-state index < -0.39 is 5.60 Å². The molecule has 1 aromatic rings. The summed E-state index contributed by atoms with van der Waals surface area (Å²) in [7, 11) is 0. The number of aromatic nitrogens is 2. The van der Waals surface area contributed by atoms with Crippen molar-refractivity contribution in [3.63, 3.8) is 0 Å². The summed E-state index contributed by atoms with van der Waals surface area (Å²) in [6.45, 7) is 6.79. The minimum Gasteiger partial charge on any atom is -0.388 e. The number of hydrogen-bond acceptors (Lipinski definition) is 5. The Morgan fingerprint density at radius 2 is 2.12 bits per heavy atom. The first-order valence-electron chi connectivity index (χ1n) is 5.71. The summed E-state index contributed by atoms with van der Waals surface area (Å²) in [5, 5.41) is 16.4. The maximum Gasteiger partial charge on any atom is 0.224 e. The first-order chi connectivity index (χ1) is 7.98. The highest BCUT2D eigenvalue weighted by Crippen LogP contribution is 2.20. The molecule has 0 amide bonds. The molecule has 96 valence electrons. The van der Waals surface area contributed by atoms with E-state index in [1.54, 1.807) is 6.92 Å². The van der Waals surface area contributed by atoms with Crippen molar-refractivity contribution in [1.29, 1.82) is 0 Å². The Kier molecular flexibility index (Phi) is 4.96. The van der Waals surface area contributed by atoms with E-state index in [2.05, 4.69) is 20.6 Å². The maximum atomic E-state index is 9.88. The average Bonchev–Trinajstić information content (AvgIpc) is 2.30. The van der Waals surface area contributed by atoms with E-state index in [4.69, 9.17) is 11.6 Å². The minimum absolute atomic E-state index is 0.395. The van der Waals surface area contributed by atoms with Gasteiger partial charge in [-0.15, -0.1) is 0 Å². The predicted molar refractivity (Wildman–Crippen MR) is 70.6 cm³/mol. The van der Waals surface area contributed by atoms with Crippen LogP contribution in [0.2, 0.25) is 5.02 Å². The lowest BCUT2D eigenvalue weighted by molar-refractivity contribution is 0.0696. The van der Waals surface area contributed by atoms with Crippen LogP contribution in [-0.4, -0.2) is 33.8 Å². The zero-order chi connectivity index (χ0) is 12.9. The Hall–Kier alpha value is -1.07. The summed E-state index contributed by atoms with van der Waals surface area (Å²) in [6, 6.07) is 0. The molecule has 0 fully saturated rings. The Balaban J connectivity index is 2.72. The summed E-state index contributed by atoms with van der Waals surface area (Å²) < 4.78 is 0. The van der Waals surface area contributed by atoms with Crippen LogP contribution in [0, 0.1) is 0 Å².